The molecule has 2 aromatic heterocycles. The van der Waals surface area contributed by atoms with Gasteiger partial charge in [0.05, 0.1) is 22.2 Å². The second kappa shape index (κ2) is 4.70. The number of pyridine rings is 1. The number of imidazole rings is 1. The molecule has 4 rings (SSSR count). The first kappa shape index (κ1) is 12.6. The van der Waals surface area contributed by atoms with Crippen molar-refractivity contribution < 1.29 is 0 Å². The first-order valence-corrected chi connectivity index (χ1v) is 7.59. The van der Waals surface area contributed by atoms with Crippen molar-refractivity contribution in [1.82, 2.24) is 14.5 Å². The summed E-state index contributed by atoms with van der Waals surface area (Å²) >= 11 is 2.28. The Morgan fingerprint density at radius 3 is 2.81 bits per heavy atom. The lowest BCUT2D eigenvalue weighted by atomic mass is 10.2. The third-order valence-corrected chi connectivity index (χ3v) is 4.17. The van der Waals surface area contributed by atoms with Gasteiger partial charge < -0.3 is 5.73 Å². The summed E-state index contributed by atoms with van der Waals surface area (Å²) in [5.74, 6) is 0.477. The van der Waals surface area contributed by atoms with Gasteiger partial charge in [0.1, 0.15) is 0 Å². The van der Waals surface area contributed by atoms with E-state index in [1.54, 1.807) is 6.20 Å². The van der Waals surface area contributed by atoms with E-state index >= 15 is 0 Å². The fraction of sp³-hybridized carbons (Fsp3) is 0. The highest BCUT2D eigenvalue weighted by molar-refractivity contribution is 14.1. The Morgan fingerprint density at radius 2 is 1.90 bits per heavy atom. The number of para-hydroxylation sites is 1. The molecule has 2 aromatic carbocycles. The van der Waals surface area contributed by atoms with Crippen LogP contribution >= 0.6 is 22.6 Å². The second-order valence-electron chi connectivity index (χ2n) is 4.79. The minimum Gasteiger partial charge on any atom is -0.369 e. The Bertz CT molecular complexity index is 969. The third-order valence-electron chi connectivity index (χ3n) is 3.49. The Morgan fingerprint density at radius 1 is 1.05 bits per heavy atom. The summed E-state index contributed by atoms with van der Waals surface area (Å²) in [4.78, 5) is 8.96. The van der Waals surface area contributed by atoms with Crippen LogP contribution in [0.3, 0.4) is 0 Å². The van der Waals surface area contributed by atoms with Crippen molar-refractivity contribution in [2.24, 2.45) is 0 Å². The van der Waals surface area contributed by atoms with E-state index in [4.69, 9.17) is 5.73 Å². The fourth-order valence-corrected chi connectivity index (χ4v) is 3.07. The van der Waals surface area contributed by atoms with E-state index in [1.165, 1.54) is 0 Å². The Hall–Kier alpha value is -2.15. The molecule has 0 saturated carbocycles. The summed E-state index contributed by atoms with van der Waals surface area (Å²) in [6.07, 6.45) is 1.80. The smallest absolute Gasteiger partial charge is 0.206 e. The normalized spacial score (nSPS) is 11.3. The van der Waals surface area contributed by atoms with Crippen molar-refractivity contribution >= 4 is 50.5 Å². The number of hydrogen-bond acceptors (Lipinski definition) is 3. The van der Waals surface area contributed by atoms with Gasteiger partial charge in [-0.3, -0.25) is 9.55 Å². The molecular weight excluding hydrogens is 375 g/mol. The summed E-state index contributed by atoms with van der Waals surface area (Å²) in [6.45, 7) is 0. The van der Waals surface area contributed by atoms with E-state index in [0.29, 0.717) is 5.95 Å². The molecule has 0 saturated heterocycles. The van der Waals surface area contributed by atoms with Crippen LogP contribution in [0, 0.1) is 3.57 Å². The van der Waals surface area contributed by atoms with Crippen LogP contribution in [0.5, 0.6) is 0 Å². The molecule has 5 heteroatoms. The van der Waals surface area contributed by atoms with Crippen LogP contribution in [0.4, 0.5) is 5.95 Å². The van der Waals surface area contributed by atoms with Crippen LogP contribution in [0.1, 0.15) is 0 Å². The van der Waals surface area contributed by atoms with E-state index in [1.807, 2.05) is 47.0 Å². The molecule has 0 spiro atoms. The fourth-order valence-electron chi connectivity index (χ4n) is 2.59. The minimum atomic E-state index is 0.477. The third kappa shape index (κ3) is 1.96. The molecule has 2 heterocycles. The molecule has 4 nitrogen and oxygen atoms in total. The lowest BCUT2D eigenvalue weighted by Crippen LogP contribution is -2.01. The average Bonchev–Trinajstić information content (AvgIpc) is 2.81. The van der Waals surface area contributed by atoms with Gasteiger partial charge in [0.25, 0.3) is 0 Å². The highest BCUT2D eigenvalue weighted by Gasteiger charge is 2.13. The molecule has 0 aliphatic carbocycles. The monoisotopic (exact) mass is 386 g/mol. The zero-order chi connectivity index (χ0) is 14.4. The van der Waals surface area contributed by atoms with Crippen molar-refractivity contribution in [3.05, 3.63) is 58.3 Å². The first-order chi connectivity index (χ1) is 10.2. The van der Waals surface area contributed by atoms with Crippen LogP contribution in [-0.2, 0) is 0 Å². The number of aromatic nitrogens is 3. The van der Waals surface area contributed by atoms with E-state index in [9.17, 15) is 0 Å². The summed E-state index contributed by atoms with van der Waals surface area (Å²) in [5, 5.41) is 1.08. The quantitative estimate of drug-likeness (QED) is 0.507. The molecule has 0 aliphatic rings. The van der Waals surface area contributed by atoms with Crippen LogP contribution in [0.25, 0.3) is 27.6 Å². The van der Waals surface area contributed by atoms with Crippen molar-refractivity contribution in [3.8, 4) is 5.69 Å². The molecule has 0 atom stereocenters. The van der Waals surface area contributed by atoms with Gasteiger partial charge in [-0.25, -0.2) is 4.98 Å². The number of nitrogen functional groups attached to an aromatic ring is 1. The van der Waals surface area contributed by atoms with Gasteiger partial charge in [-0.1, -0.05) is 18.2 Å². The zero-order valence-corrected chi connectivity index (χ0v) is 13.2. The molecule has 21 heavy (non-hydrogen) atoms. The Labute approximate surface area is 134 Å². The van der Waals surface area contributed by atoms with Crippen molar-refractivity contribution in [2.75, 3.05) is 5.73 Å². The maximum absolute atomic E-state index is 6.15. The van der Waals surface area contributed by atoms with Crippen LogP contribution < -0.4 is 5.73 Å². The summed E-state index contributed by atoms with van der Waals surface area (Å²) in [7, 11) is 0. The van der Waals surface area contributed by atoms with E-state index in [2.05, 4.69) is 38.6 Å². The lowest BCUT2D eigenvalue weighted by Gasteiger charge is -2.09. The standard InChI is InChI=1S/C16H11IN4/c17-11-6-7-13-12(9-11)20-16(18)21(13)14-5-1-3-10-4-2-8-19-15(10)14/h1-9H,(H2,18,20). The first-order valence-electron chi connectivity index (χ1n) is 6.51. The van der Waals surface area contributed by atoms with Crippen molar-refractivity contribution in [1.29, 1.82) is 0 Å². The molecule has 102 valence electrons. The minimum absolute atomic E-state index is 0.477. The molecular formula is C16H11IN4. The largest absolute Gasteiger partial charge is 0.369 e. The molecule has 0 amide bonds. The maximum Gasteiger partial charge on any atom is 0.206 e. The Kier molecular flexibility index (Phi) is 2.81. The molecule has 0 unspecified atom stereocenters. The maximum atomic E-state index is 6.15. The summed E-state index contributed by atoms with van der Waals surface area (Å²) in [5.41, 5.74) is 9.91. The molecule has 2 N–H and O–H groups in total. The SMILES string of the molecule is Nc1nc2cc(I)ccc2n1-c1cccc2cccnc12. The van der Waals surface area contributed by atoms with Crippen LogP contribution in [0.15, 0.2) is 54.7 Å². The lowest BCUT2D eigenvalue weighted by molar-refractivity contribution is 1.11. The van der Waals surface area contributed by atoms with Gasteiger partial charge in [0, 0.05) is 15.2 Å². The second-order valence-corrected chi connectivity index (χ2v) is 6.04. The number of benzene rings is 2. The highest BCUT2D eigenvalue weighted by Crippen LogP contribution is 2.28. The number of nitrogens with two attached hydrogens (primary N) is 1. The predicted molar refractivity (Wildman–Crippen MR) is 93.5 cm³/mol. The number of nitrogens with zero attached hydrogens (tertiary/aromatic N) is 3. The number of halogens is 1. The molecule has 0 bridgehead atoms. The molecule has 4 aromatic rings. The highest BCUT2D eigenvalue weighted by atomic mass is 127. The predicted octanol–water partition coefficient (Wildman–Crippen LogP) is 3.76. The molecule has 0 fully saturated rings. The van der Waals surface area contributed by atoms with Gasteiger partial charge in [-0.15, -0.1) is 0 Å². The van der Waals surface area contributed by atoms with Crippen molar-refractivity contribution in [2.45, 2.75) is 0 Å². The van der Waals surface area contributed by atoms with Gasteiger partial charge in [-0.05, 0) is 52.9 Å². The summed E-state index contributed by atoms with van der Waals surface area (Å²) in [6, 6.07) is 16.2. The van der Waals surface area contributed by atoms with Crippen LogP contribution in [0.2, 0.25) is 0 Å². The van der Waals surface area contributed by atoms with Crippen LogP contribution in [-0.4, -0.2) is 14.5 Å². The number of hydrogen-bond donors (Lipinski definition) is 1. The summed E-state index contributed by atoms with van der Waals surface area (Å²) < 4.78 is 3.10. The average molecular weight is 386 g/mol. The van der Waals surface area contributed by atoms with Gasteiger partial charge in [0.2, 0.25) is 5.95 Å². The zero-order valence-electron chi connectivity index (χ0n) is 11.0. The Balaban J connectivity index is 2.11. The van der Waals surface area contributed by atoms with Gasteiger partial charge >= 0.3 is 0 Å². The van der Waals surface area contributed by atoms with Gasteiger partial charge in [0.15, 0.2) is 0 Å². The van der Waals surface area contributed by atoms with E-state index < -0.39 is 0 Å². The van der Waals surface area contributed by atoms with E-state index in [-0.39, 0.29) is 0 Å². The molecule has 0 radical (unpaired) electrons. The van der Waals surface area contributed by atoms with E-state index in [0.717, 1.165) is 31.2 Å². The van der Waals surface area contributed by atoms with Gasteiger partial charge in [-0.2, -0.15) is 0 Å². The number of fused-ring (bicyclic) bond motifs is 2. The number of rotatable bonds is 1. The topological polar surface area (TPSA) is 56.7 Å². The number of anilines is 1. The van der Waals surface area contributed by atoms with Crippen molar-refractivity contribution in [3.63, 3.8) is 0 Å². The molecule has 0 aliphatic heterocycles.